The molecule has 1 heterocycles. The predicted molar refractivity (Wildman–Crippen MR) is 93.4 cm³/mol. The molecule has 0 aliphatic heterocycles. The second-order valence-electron chi connectivity index (χ2n) is 5.69. The summed E-state index contributed by atoms with van der Waals surface area (Å²) in [7, 11) is 0. The Labute approximate surface area is 153 Å². The molecule has 138 valence electrons. The Hall–Kier alpha value is -3.35. The minimum atomic E-state index is -4.37. The van der Waals surface area contributed by atoms with E-state index in [9.17, 15) is 18.0 Å². The summed E-state index contributed by atoms with van der Waals surface area (Å²) in [6, 6.07) is 14.7. The van der Waals surface area contributed by atoms with Gasteiger partial charge in [-0.2, -0.15) is 13.2 Å². The normalized spacial score (nSPS) is 11.1. The number of ether oxygens (including phenoxy) is 1. The van der Waals surface area contributed by atoms with E-state index in [0.717, 1.165) is 17.7 Å². The van der Waals surface area contributed by atoms with Gasteiger partial charge in [-0.25, -0.2) is 0 Å². The van der Waals surface area contributed by atoms with Gasteiger partial charge < -0.3 is 10.1 Å². The SMILES string of the molecule is O=C(NCc1ccc(Oc2ccc(C(F)(F)F)cc2)cc1)c1cccnc1. The molecule has 0 radical (unpaired) electrons. The molecule has 0 fully saturated rings. The zero-order chi connectivity index (χ0) is 19.3. The Morgan fingerprint density at radius 2 is 1.59 bits per heavy atom. The molecule has 0 spiro atoms. The number of carbonyl (C=O) groups excluding carboxylic acids is 1. The van der Waals surface area contributed by atoms with Crippen molar-refractivity contribution in [3.8, 4) is 11.5 Å². The van der Waals surface area contributed by atoms with Crippen LogP contribution in [0.15, 0.2) is 73.1 Å². The molecule has 4 nitrogen and oxygen atoms in total. The van der Waals surface area contributed by atoms with Gasteiger partial charge in [0.2, 0.25) is 0 Å². The maximum atomic E-state index is 12.6. The summed E-state index contributed by atoms with van der Waals surface area (Å²) in [5.41, 5.74) is 0.598. The summed E-state index contributed by atoms with van der Waals surface area (Å²) >= 11 is 0. The van der Waals surface area contributed by atoms with Gasteiger partial charge in [0.15, 0.2) is 0 Å². The standard InChI is InChI=1S/C20H15F3N2O2/c21-20(22,23)16-5-9-18(10-6-16)27-17-7-3-14(4-8-17)12-25-19(26)15-2-1-11-24-13-15/h1-11,13H,12H2,(H,25,26). The number of pyridine rings is 1. The summed E-state index contributed by atoms with van der Waals surface area (Å²) in [6.07, 6.45) is -1.30. The molecule has 1 aromatic heterocycles. The third-order valence-corrected chi connectivity index (χ3v) is 3.72. The molecule has 0 saturated carbocycles. The lowest BCUT2D eigenvalue weighted by Gasteiger charge is -2.10. The van der Waals surface area contributed by atoms with Crippen molar-refractivity contribution in [2.75, 3.05) is 0 Å². The Balaban J connectivity index is 1.56. The number of nitrogens with one attached hydrogen (secondary N) is 1. The lowest BCUT2D eigenvalue weighted by Crippen LogP contribution is -2.22. The molecule has 3 aromatic rings. The van der Waals surface area contributed by atoms with Crippen molar-refractivity contribution in [3.05, 3.63) is 89.7 Å². The first-order valence-corrected chi connectivity index (χ1v) is 8.04. The second kappa shape index (κ2) is 7.90. The molecule has 0 aliphatic rings. The van der Waals surface area contributed by atoms with Gasteiger partial charge in [0.25, 0.3) is 5.91 Å². The van der Waals surface area contributed by atoms with Crippen LogP contribution < -0.4 is 10.1 Å². The molecule has 0 bridgehead atoms. The van der Waals surface area contributed by atoms with Crippen LogP contribution in [0.3, 0.4) is 0 Å². The van der Waals surface area contributed by atoms with Crippen LogP contribution in [0.5, 0.6) is 11.5 Å². The number of nitrogens with zero attached hydrogens (tertiary/aromatic N) is 1. The molecule has 1 amide bonds. The van der Waals surface area contributed by atoms with Crippen LogP contribution in [0.25, 0.3) is 0 Å². The van der Waals surface area contributed by atoms with Crippen molar-refractivity contribution in [2.45, 2.75) is 12.7 Å². The van der Waals surface area contributed by atoms with Crippen molar-refractivity contribution in [1.29, 1.82) is 0 Å². The van der Waals surface area contributed by atoms with E-state index in [0.29, 0.717) is 23.6 Å². The van der Waals surface area contributed by atoms with Crippen molar-refractivity contribution in [1.82, 2.24) is 10.3 Å². The van der Waals surface area contributed by atoms with E-state index in [-0.39, 0.29) is 5.91 Å². The average Bonchev–Trinajstić information content (AvgIpc) is 2.67. The second-order valence-corrected chi connectivity index (χ2v) is 5.69. The third kappa shape index (κ3) is 5.07. The number of rotatable bonds is 5. The monoisotopic (exact) mass is 372 g/mol. The summed E-state index contributed by atoms with van der Waals surface area (Å²) in [6.45, 7) is 0.328. The fraction of sp³-hybridized carbons (Fsp3) is 0.100. The Bertz CT molecular complexity index is 893. The number of amides is 1. The van der Waals surface area contributed by atoms with E-state index in [1.807, 2.05) is 0 Å². The molecule has 7 heteroatoms. The first-order valence-electron chi connectivity index (χ1n) is 8.04. The van der Waals surface area contributed by atoms with Crippen molar-refractivity contribution in [2.24, 2.45) is 0 Å². The lowest BCUT2D eigenvalue weighted by molar-refractivity contribution is -0.137. The Kier molecular flexibility index (Phi) is 5.40. The van der Waals surface area contributed by atoms with E-state index >= 15 is 0 Å². The van der Waals surface area contributed by atoms with E-state index < -0.39 is 11.7 Å². The molecule has 0 atom stereocenters. The zero-order valence-electron chi connectivity index (χ0n) is 14.0. The maximum absolute atomic E-state index is 12.6. The lowest BCUT2D eigenvalue weighted by atomic mass is 10.2. The first-order chi connectivity index (χ1) is 12.9. The summed E-state index contributed by atoms with van der Waals surface area (Å²) in [5.74, 6) is 0.561. The van der Waals surface area contributed by atoms with Crippen molar-refractivity contribution in [3.63, 3.8) is 0 Å². The molecule has 0 unspecified atom stereocenters. The highest BCUT2D eigenvalue weighted by atomic mass is 19.4. The highest BCUT2D eigenvalue weighted by Gasteiger charge is 2.30. The van der Waals surface area contributed by atoms with Gasteiger partial charge in [0.05, 0.1) is 11.1 Å². The molecular weight excluding hydrogens is 357 g/mol. The molecular formula is C20H15F3N2O2. The van der Waals surface area contributed by atoms with Gasteiger partial charge >= 0.3 is 6.18 Å². The van der Waals surface area contributed by atoms with E-state index in [2.05, 4.69) is 10.3 Å². The van der Waals surface area contributed by atoms with Gasteiger partial charge in [-0.15, -0.1) is 0 Å². The summed E-state index contributed by atoms with van der Waals surface area (Å²) < 4.78 is 43.2. The molecule has 3 rings (SSSR count). The summed E-state index contributed by atoms with van der Waals surface area (Å²) in [4.78, 5) is 15.9. The predicted octanol–water partition coefficient (Wildman–Crippen LogP) is 4.82. The van der Waals surface area contributed by atoms with Gasteiger partial charge in [0, 0.05) is 18.9 Å². The number of carbonyl (C=O) groups is 1. The fourth-order valence-electron chi connectivity index (χ4n) is 2.30. The molecule has 0 aliphatic carbocycles. The minimum absolute atomic E-state index is 0.229. The van der Waals surface area contributed by atoms with Crippen molar-refractivity contribution >= 4 is 5.91 Å². The van der Waals surface area contributed by atoms with Crippen LogP contribution in [0.4, 0.5) is 13.2 Å². The molecule has 0 saturated heterocycles. The van der Waals surface area contributed by atoms with Gasteiger partial charge in [0.1, 0.15) is 11.5 Å². The van der Waals surface area contributed by atoms with E-state index in [1.165, 1.54) is 18.3 Å². The Morgan fingerprint density at radius 1 is 0.963 bits per heavy atom. The highest BCUT2D eigenvalue weighted by Crippen LogP contribution is 2.31. The van der Waals surface area contributed by atoms with Crippen LogP contribution in [0, 0.1) is 0 Å². The Morgan fingerprint density at radius 3 is 2.15 bits per heavy atom. The number of hydrogen-bond acceptors (Lipinski definition) is 3. The first kappa shape index (κ1) is 18.4. The fourth-order valence-corrected chi connectivity index (χ4v) is 2.30. The zero-order valence-corrected chi connectivity index (χ0v) is 14.0. The number of benzene rings is 2. The highest BCUT2D eigenvalue weighted by molar-refractivity contribution is 5.93. The number of halogens is 3. The van der Waals surface area contributed by atoms with Crippen LogP contribution in [-0.4, -0.2) is 10.9 Å². The average molecular weight is 372 g/mol. The minimum Gasteiger partial charge on any atom is -0.457 e. The maximum Gasteiger partial charge on any atom is 0.416 e. The van der Waals surface area contributed by atoms with E-state index in [4.69, 9.17) is 4.74 Å². The van der Waals surface area contributed by atoms with Crippen molar-refractivity contribution < 1.29 is 22.7 Å². The molecule has 1 N–H and O–H groups in total. The van der Waals surface area contributed by atoms with Crippen LogP contribution in [0.1, 0.15) is 21.5 Å². The third-order valence-electron chi connectivity index (χ3n) is 3.72. The van der Waals surface area contributed by atoms with E-state index in [1.54, 1.807) is 42.6 Å². The van der Waals surface area contributed by atoms with Gasteiger partial charge in [-0.1, -0.05) is 12.1 Å². The van der Waals surface area contributed by atoms with Crippen LogP contribution in [0.2, 0.25) is 0 Å². The largest absolute Gasteiger partial charge is 0.457 e. The molecule has 27 heavy (non-hydrogen) atoms. The number of aromatic nitrogens is 1. The summed E-state index contributed by atoms with van der Waals surface area (Å²) in [5, 5.41) is 2.78. The number of hydrogen-bond donors (Lipinski definition) is 1. The smallest absolute Gasteiger partial charge is 0.416 e. The van der Waals surface area contributed by atoms with Crippen LogP contribution >= 0.6 is 0 Å². The number of alkyl halides is 3. The quantitative estimate of drug-likeness (QED) is 0.698. The van der Waals surface area contributed by atoms with Gasteiger partial charge in [-0.3, -0.25) is 9.78 Å². The topological polar surface area (TPSA) is 51.2 Å². The van der Waals surface area contributed by atoms with Gasteiger partial charge in [-0.05, 0) is 54.1 Å². The molecule has 2 aromatic carbocycles. The van der Waals surface area contributed by atoms with Crippen LogP contribution in [-0.2, 0) is 12.7 Å².